The third kappa shape index (κ3) is 3.44. The highest BCUT2D eigenvalue weighted by atomic mass is 16.5. The molecule has 1 aliphatic rings. The molecule has 1 N–H and O–H groups in total. The molecule has 4 heteroatoms. The van der Waals surface area contributed by atoms with Gasteiger partial charge >= 0.3 is 5.97 Å². The Labute approximate surface area is 100 Å². The van der Waals surface area contributed by atoms with Gasteiger partial charge in [-0.1, -0.05) is 12.8 Å². The largest absolute Gasteiger partial charge is 0.457 e. The Kier molecular flexibility index (Phi) is 3.96. The Balaban J connectivity index is 1.70. The molecule has 0 spiro atoms. The van der Waals surface area contributed by atoms with Crippen molar-refractivity contribution in [1.29, 1.82) is 0 Å². The Morgan fingerprint density at radius 1 is 1.35 bits per heavy atom. The maximum absolute atomic E-state index is 11.5. The number of H-pyrrole nitrogens is 1. The van der Waals surface area contributed by atoms with Gasteiger partial charge in [0.1, 0.15) is 0 Å². The number of aromatic amines is 1. The van der Waals surface area contributed by atoms with Gasteiger partial charge < -0.3 is 9.72 Å². The summed E-state index contributed by atoms with van der Waals surface area (Å²) in [6.45, 7) is -0.161. The monoisotopic (exact) mass is 235 g/mol. The van der Waals surface area contributed by atoms with Crippen molar-refractivity contribution in [3.05, 3.63) is 24.0 Å². The van der Waals surface area contributed by atoms with Crippen molar-refractivity contribution in [2.24, 2.45) is 5.92 Å². The van der Waals surface area contributed by atoms with Gasteiger partial charge in [0.05, 0.1) is 5.69 Å². The molecule has 4 nitrogen and oxygen atoms in total. The molecule has 0 radical (unpaired) electrons. The van der Waals surface area contributed by atoms with Crippen LogP contribution in [-0.4, -0.2) is 23.3 Å². The van der Waals surface area contributed by atoms with Crippen molar-refractivity contribution in [3.8, 4) is 0 Å². The van der Waals surface area contributed by atoms with Gasteiger partial charge in [0.25, 0.3) is 0 Å². The van der Waals surface area contributed by atoms with Crippen LogP contribution in [0.3, 0.4) is 0 Å². The SMILES string of the molecule is O=C(CC1CCCC1)OCC(=O)c1ccc[nH]1. The summed E-state index contributed by atoms with van der Waals surface area (Å²) < 4.78 is 4.98. The maximum atomic E-state index is 11.5. The quantitative estimate of drug-likeness (QED) is 0.629. The first-order valence-electron chi connectivity index (χ1n) is 6.08. The summed E-state index contributed by atoms with van der Waals surface area (Å²) in [7, 11) is 0. The summed E-state index contributed by atoms with van der Waals surface area (Å²) in [6.07, 6.45) is 6.77. The lowest BCUT2D eigenvalue weighted by molar-refractivity contribution is -0.143. The van der Waals surface area contributed by atoms with Crippen LogP contribution in [0, 0.1) is 5.92 Å². The average Bonchev–Trinajstić information content (AvgIpc) is 2.97. The average molecular weight is 235 g/mol. The van der Waals surface area contributed by atoms with E-state index in [1.165, 1.54) is 12.8 Å². The first kappa shape index (κ1) is 11.9. The van der Waals surface area contributed by atoms with Gasteiger partial charge in [-0.2, -0.15) is 0 Å². The molecule has 1 aliphatic carbocycles. The fourth-order valence-corrected chi connectivity index (χ4v) is 2.24. The number of carbonyl (C=O) groups excluding carboxylic acids is 2. The van der Waals surface area contributed by atoms with Crippen LogP contribution in [0.15, 0.2) is 18.3 Å². The van der Waals surface area contributed by atoms with Crippen molar-refractivity contribution in [3.63, 3.8) is 0 Å². The second-order valence-electron chi connectivity index (χ2n) is 4.52. The molecule has 1 fully saturated rings. The number of esters is 1. The number of carbonyl (C=O) groups is 2. The summed E-state index contributed by atoms with van der Waals surface area (Å²) in [5.74, 6) is 0.0228. The molecule has 2 rings (SSSR count). The Bertz CT molecular complexity index is 377. The van der Waals surface area contributed by atoms with Gasteiger partial charge in [0.2, 0.25) is 5.78 Å². The minimum Gasteiger partial charge on any atom is -0.457 e. The minimum absolute atomic E-state index is 0.161. The van der Waals surface area contributed by atoms with E-state index < -0.39 is 0 Å². The van der Waals surface area contributed by atoms with Crippen LogP contribution in [0.4, 0.5) is 0 Å². The third-order valence-corrected chi connectivity index (χ3v) is 3.19. The van der Waals surface area contributed by atoms with E-state index in [1.54, 1.807) is 18.3 Å². The first-order chi connectivity index (χ1) is 8.25. The second kappa shape index (κ2) is 5.66. The molecule has 0 aromatic carbocycles. The molecule has 1 aromatic rings. The Morgan fingerprint density at radius 2 is 2.12 bits per heavy atom. The highest BCUT2D eigenvalue weighted by molar-refractivity contribution is 5.96. The molecular formula is C13H17NO3. The molecule has 0 aliphatic heterocycles. The number of rotatable bonds is 5. The number of ether oxygens (including phenoxy) is 1. The van der Waals surface area contributed by atoms with E-state index >= 15 is 0 Å². The summed E-state index contributed by atoms with van der Waals surface area (Å²) in [5, 5.41) is 0. The molecular weight excluding hydrogens is 218 g/mol. The zero-order valence-electron chi connectivity index (χ0n) is 9.78. The summed E-state index contributed by atoms with van der Waals surface area (Å²) in [5.41, 5.74) is 0.485. The Morgan fingerprint density at radius 3 is 2.76 bits per heavy atom. The zero-order chi connectivity index (χ0) is 12.1. The molecule has 0 unspecified atom stereocenters. The fraction of sp³-hybridized carbons (Fsp3) is 0.538. The van der Waals surface area contributed by atoms with Crippen molar-refractivity contribution in [2.45, 2.75) is 32.1 Å². The Hall–Kier alpha value is -1.58. The number of ketones is 1. The van der Waals surface area contributed by atoms with E-state index in [1.807, 2.05) is 0 Å². The van der Waals surface area contributed by atoms with Gasteiger partial charge in [-0.3, -0.25) is 9.59 Å². The standard InChI is InChI=1S/C13H17NO3/c15-12(11-6-3-7-14-11)9-17-13(16)8-10-4-1-2-5-10/h3,6-7,10,14H,1-2,4-5,8-9H2. The van der Waals surface area contributed by atoms with Gasteiger partial charge in [0, 0.05) is 12.6 Å². The summed E-state index contributed by atoms with van der Waals surface area (Å²) in [6, 6.07) is 3.42. The maximum Gasteiger partial charge on any atom is 0.306 e. The number of Topliss-reactive ketones (excluding diaryl/α,β-unsaturated/α-hetero) is 1. The zero-order valence-corrected chi connectivity index (χ0v) is 9.78. The number of hydrogen-bond donors (Lipinski definition) is 1. The molecule has 92 valence electrons. The lowest BCUT2D eigenvalue weighted by Crippen LogP contribution is -2.16. The van der Waals surface area contributed by atoms with Gasteiger partial charge in [0.15, 0.2) is 6.61 Å². The van der Waals surface area contributed by atoms with E-state index in [0.29, 0.717) is 18.0 Å². The molecule has 0 atom stereocenters. The fourth-order valence-electron chi connectivity index (χ4n) is 2.24. The number of hydrogen-bond acceptors (Lipinski definition) is 3. The van der Waals surface area contributed by atoms with E-state index in [9.17, 15) is 9.59 Å². The van der Waals surface area contributed by atoms with E-state index in [0.717, 1.165) is 12.8 Å². The van der Waals surface area contributed by atoms with Crippen LogP contribution >= 0.6 is 0 Å². The van der Waals surface area contributed by atoms with Crippen molar-refractivity contribution in [1.82, 2.24) is 4.98 Å². The molecule has 0 bridgehead atoms. The predicted molar refractivity (Wildman–Crippen MR) is 62.7 cm³/mol. The molecule has 1 heterocycles. The first-order valence-corrected chi connectivity index (χ1v) is 6.08. The van der Waals surface area contributed by atoms with E-state index in [2.05, 4.69) is 4.98 Å². The normalized spacial score (nSPS) is 16.0. The third-order valence-electron chi connectivity index (χ3n) is 3.19. The molecule has 17 heavy (non-hydrogen) atoms. The van der Waals surface area contributed by atoms with Gasteiger partial charge in [-0.05, 0) is 30.9 Å². The van der Waals surface area contributed by atoms with Crippen molar-refractivity contribution in [2.75, 3.05) is 6.61 Å². The highest BCUT2D eigenvalue weighted by Crippen LogP contribution is 2.27. The van der Waals surface area contributed by atoms with Crippen LogP contribution in [0.25, 0.3) is 0 Å². The minimum atomic E-state index is -0.253. The second-order valence-corrected chi connectivity index (χ2v) is 4.52. The van der Waals surface area contributed by atoms with Crippen LogP contribution < -0.4 is 0 Å². The van der Waals surface area contributed by atoms with Crippen LogP contribution in [0.1, 0.15) is 42.6 Å². The van der Waals surface area contributed by atoms with E-state index in [-0.39, 0.29) is 18.4 Å². The lowest BCUT2D eigenvalue weighted by atomic mass is 10.0. The van der Waals surface area contributed by atoms with Gasteiger partial charge in [-0.25, -0.2) is 0 Å². The van der Waals surface area contributed by atoms with Crippen LogP contribution in [-0.2, 0) is 9.53 Å². The van der Waals surface area contributed by atoms with Gasteiger partial charge in [-0.15, -0.1) is 0 Å². The number of aromatic nitrogens is 1. The predicted octanol–water partition coefficient (Wildman–Crippen LogP) is 2.32. The van der Waals surface area contributed by atoms with Crippen molar-refractivity contribution < 1.29 is 14.3 Å². The summed E-state index contributed by atoms with van der Waals surface area (Å²) in [4.78, 5) is 25.8. The van der Waals surface area contributed by atoms with Crippen LogP contribution in [0.5, 0.6) is 0 Å². The van der Waals surface area contributed by atoms with Crippen LogP contribution in [0.2, 0.25) is 0 Å². The smallest absolute Gasteiger partial charge is 0.306 e. The van der Waals surface area contributed by atoms with Crippen molar-refractivity contribution >= 4 is 11.8 Å². The lowest BCUT2D eigenvalue weighted by Gasteiger charge is -2.08. The topological polar surface area (TPSA) is 59.2 Å². The molecule has 0 amide bonds. The van der Waals surface area contributed by atoms with E-state index in [4.69, 9.17) is 4.74 Å². The summed E-state index contributed by atoms with van der Waals surface area (Å²) >= 11 is 0. The number of nitrogens with one attached hydrogen (secondary N) is 1. The molecule has 0 saturated heterocycles. The molecule has 1 aromatic heterocycles. The highest BCUT2D eigenvalue weighted by Gasteiger charge is 2.19. The molecule has 1 saturated carbocycles.